The van der Waals surface area contributed by atoms with E-state index in [2.05, 4.69) is 0 Å². The van der Waals surface area contributed by atoms with Crippen LogP contribution in [0, 0.1) is 11.8 Å². The van der Waals surface area contributed by atoms with E-state index in [1.807, 2.05) is 9.80 Å². The first-order chi connectivity index (χ1) is 11.6. The minimum atomic E-state index is 0.199. The molecule has 0 spiro atoms. The molecule has 5 heteroatoms. The highest BCUT2D eigenvalue weighted by Crippen LogP contribution is 2.29. The van der Waals surface area contributed by atoms with E-state index in [1.54, 1.807) is 0 Å². The lowest BCUT2D eigenvalue weighted by Gasteiger charge is -2.25. The Morgan fingerprint density at radius 3 is 1.96 bits per heavy atom. The molecule has 2 aliphatic carbocycles. The van der Waals surface area contributed by atoms with Crippen molar-refractivity contribution in [2.24, 2.45) is 17.6 Å². The van der Waals surface area contributed by atoms with Gasteiger partial charge in [-0.15, -0.1) is 0 Å². The van der Waals surface area contributed by atoms with Gasteiger partial charge in [0, 0.05) is 45.1 Å². The Labute approximate surface area is 145 Å². The summed E-state index contributed by atoms with van der Waals surface area (Å²) in [5.41, 5.74) is 6.10. The van der Waals surface area contributed by atoms with Gasteiger partial charge in [-0.1, -0.05) is 19.3 Å². The van der Waals surface area contributed by atoms with Crippen molar-refractivity contribution in [2.45, 2.75) is 70.3 Å². The number of nitrogens with zero attached hydrogens (tertiary/aromatic N) is 2. The van der Waals surface area contributed by atoms with Crippen LogP contribution >= 0.6 is 0 Å². The highest BCUT2D eigenvalue weighted by atomic mass is 16.2. The lowest BCUT2D eigenvalue weighted by molar-refractivity contribution is -0.134. The molecule has 1 heterocycles. The van der Waals surface area contributed by atoms with Crippen molar-refractivity contribution in [2.75, 3.05) is 26.2 Å². The zero-order valence-electron chi connectivity index (χ0n) is 14.9. The average molecular weight is 335 g/mol. The Balaban J connectivity index is 1.45. The van der Waals surface area contributed by atoms with Gasteiger partial charge >= 0.3 is 0 Å². The molecule has 3 rings (SSSR count). The molecule has 0 aromatic carbocycles. The molecule has 0 aromatic heterocycles. The van der Waals surface area contributed by atoms with Gasteiger partial charge in [-0.25, -0.2) is 0 Å². The SMILES string of the molecule is N[C@@H]1CCC[C@H]1CC(=O)N1CCCN(C(=O)CC2CCCC2)CC1. The van der Waals surface area contributed by atoms with Crippen LogP contribution in [0.1, 0.15) is 64.2 Å². The third-order valence-electron chi connectivity index (χ3n) is 6.29. The number of rotatable bonds is 4. The standard InChI is InChI=1S/C19H33N3O2/c20-17-8-3-7-16(17)14-19(24)22-10-4-9-21(11-12-22)18(23)13-15-5-1-2-6-15/h15-17H,1-14,20H2/t16-,17+/m0/s1. The quantitative estimate of drug-likeness (QED) is 0.856. The normalized spacial score (nSPS) is 29.0. The van der Waals surface area contributed by atoms with Crippen LogP contribution < -0.4 is 5.73 Å². The fourth-order valence-electron chi connectivity index (χ4n) is 4.68. The van der Waals surface area contributed by atoms with Crippen LogP contribution in [0.15, 0.2) is 0 Å². The smallest absolute Gasteiger partial charge is 0.222 e. The molecular weight excluding hydrogens is 302 g/mol. The molecule has 136 valence electrons. The monoisotopic (exact) mass is 335 g/mol. The third-order valence-corrected chi connectivity index (χ3v) is 6.29. The maximum atomic E-state index is 12.6. The van der Waals surface area contributed by atoms with Gasteiger partial charge in [0.15, 0.2) is 0 Å². The van der Waals surface area contributed by atoms with Crippen molar-refractivity contribution in [3.05, 3.63) is 0 Å². The lowest BCUT2D eigenvalue weighted by atomic mass is 9.99. The fourth-order valence-corrected chi connectivity index (χ4v) is 4.68. The molecule has 2 atom stereocenters. The molecule has 2 N–H and O–H groups in total. The van der Waals surface area contributed by atoms with E-state index in [0.29, 0.717) is 43.7 Å². The first-order valence-electron chi connectivity index (χ1n) is 9.94. The van der Waals surface area contributed by atoms with Gasteiger partial charge in [-0.05, 0) is 43.9 Å². The number of amides is 2. The van der Waals surface area contributed by atoms with Gasteiger partial charge in [-0.3, -0.25) is 9.59 Å². The number of hydrogen-bond donors (Lipinski definition) is 1. The predicted molar refractivity (Wildman–Crippen MR) is 94.3 cm³/mol. The maximum absolute atomic E-state index is 12.6. The Morgan fingerprint density at radius 1 is 0.750 bits per heavy atom. The van der Waals surface area contributed by atoms with Crippen molar-refractivity contribution in [3.8, 4) is 0 Å². The third kappa shape index (κ3) is 4.50. The molecule has 3 aliphatic rings. The second-order valence-corrected chi connectivity index (χ2v) is 8.03. The van der Waals surface area contributed by atoms with Crippen molar-refractivity contribution < 1.29 is 9.59 Å². The molecule has 0 aromatic rings. The summed E-state index contributed by atoms with van der Waals surface area (Å²) in [5, 5.41) is 0. The number of carbonyl (C=O) groups excluding carboxylic acids is 2. The largest absolute Gasteiger partial charge is 0.341 e. The van der Waals surface area contributed by atoms with E-state index in [4.69, 9.17) is 5.73 Å². The molecule has 0 radical (unpaired) electrons. The van der Waals surface area contributed by atoms with Crippen LogP contribution in [0.3, 0.4) is 0 Å². The Hall–Kier alpha value is -1.10. The summed E-state index contributed by atoms with van der Waals surface area (Å²) in [5.74, 6) is 1.50. The second kappa shape index (κ2) is 8.32. The number of carbonyl (C=O) groups is 2. The minimum absolute atomic E-state index is 0.199. The van der Waals surface area contributed by atoms with E-state index < -0.39 is 0 Å². The van der Waals surface area contributed by atoms with Crippen LogP contribution in [-0.2, 0) is 9.59 Å². The van der Waals surface area contributed by atoms with E-state index >= 15 is 0 Å². The minimum Gasteiger partial charge on any atom is -0.341 e. The van der Waals surface area contributed by atoms with Gasteiger partial charge in [-0.2, -0.15) is 0 Å². The topological polar surface area (TPSA) is 66.6 Å². The summed E-state index contributed by atoms with van der Waals surface area (Å²) in [4.78, 5) is 29.0. The van der Waals surface area contributed by atoms with Crippen LogP contribution in [0.2, 0.25) is 0 Å². The van der Waals surface area contributed by atoms with E-state index in [1.165, 1.54) is 25.7 Å². The van der Waals surface area contributed by atoms with Crippen LogP contribution in [0.5, 0.6) is 0 Å². The Bertz CT molecular complexity index is 448. The Morgan fingerprint density at radius 2 is 1.38 bits per heavy atom. The van der Waals surface area contributed by atoms with Gasteiger partial charge in [0.05, 0.1) is 0 Å². The molecule has 5 nitrogen and oxygen atoms in total. The molecule has 3 fully saturated rings. The molecule has 1 aliphatic heterocycles. The van der Waals surface area contributed by atoms with Gasteiger partial charge in [0.2, 0.25) is 11.8 Å². The summed E-state index contributed by atoms with van der Waals surface area (Å²) < 4.78 is 0. The highest BCUT2D eigenvalue weighted by Gasteiger charge is 2.29. The van der Waals surface area contributed by atoms with E-state index in [0.717, 1.165) is 38.8 Å². The first kappa shape index (κ1) is 17.7. The number of hydrogen-bond acceptors (Lipinski definition) is 3. The molecule has 1 saturated heterocycles. The second-order valence-electron chi connectivity index (χ2n) is 8.03. The van der Waals surface area contributed by atoms with E-state index in [9.17, 15) is 9.59 Å². The van der Waals surface area contributed by atoms with Gasteiger partial charge in [0.1, 0.15) is 0 Å². The zero-order valence-corrected chi connectivity index (χ0v) is 14.9. The predicted octanol–water partition coefficient (Wildman–Crippen LogP) is 2.15. The molecule has 2 saturated carbocycles. The van der Waals surface area contributed by atoms with Gasteiger partial charge < -0.3 is 15.5 Å². The molecular formula is C19H33N3O2. The summed E-state index contributed by atoms with van der Waals surface area (Å²) in [6.07, 6.45) is 10.5. The van der Waals surface area contributed by atoms with Crippen molar-refractivity contribution >= 4 is 11.8 Å². The first-order valence-corrected chi connectivity index (χ1v) is 9.94. The van der Waals surface area contributed by atoms with Crippen molar-refractivity contribution in [3.63, 3.8) is 0 Å². The fraction of sp³-hybridized carbons (Fsp3) is 0.895. The maximum Gasteiger partial charge on any atom is 0.222 e. The highest BCUT2D eigenvalue weighted by molar-refractivity contribution is 5.78. The van der Waals surface area contributed by atoms with Crippen molar-refractivity contribution in [1.29, 1.82) is 0 Å². The van der Waals surface area contributed by atoms with Crippen LogP contribution in [0.25, 0.3) is 0 Å². The van der Waals surface area contributed by atoms with E-state index in [-0.39, 0.29) is 11.9 Å². The number of nitrogens with two attached hydrogens (primary N) is 1. The molecule has 0 unspecified atom stereocenters. The van der Waals surface area contributed by atoms with Gasteiger partial charge in [0.25, 0.3) is 0 Å². The Kier molecular flexibility index (Phi) is 6.14. The molecule has 2 amide bonds. The molecule has 24 heavy (non-hydrogen) atoms. The summed E-state index contributed by atoms with van der Waals surface area (Å²) in [7, 11) is 0. The summed E-state index contributed by atoms with van der Waals surface area (Å²) >= 11 is 0. The molecule has 0 bridgehead atoms. The van der Waals surface area contributed by atoms with Crippen LogP contribution in [-0.4, -0.2) is 53.8 Å². The van der Waals surface area contributed by atoms with Crippen molar-refractivity contribution in [1.82, 2.24) is 9.80 Å². The summed E-state index contributed by atoms with van der Waals surface area (Å²) in [6.45, 7) is 2.98. The zero-order chi connectivity index (χ0) is 16.9. The average Bonchev–Trinajstić information content (AvgIpc) is 3.13. The lowest BCUT2D eigenvalue weighted by Crippen LogP contribution is -2.39. The summed E-state index contributed by atoms with van der Waals surface area (Å²) in [6, 6.07) is 0.199. The van der Waals surface area contributed by atoms with Crippen LogP contribution in [0.4, 0.5) is 0 Å².